The summed E-state index contributed by atoms with van der Waals surface area (Å²) in [4.78, 5) is 5.68. The number of ether oxygens (including phenoxy) is 2. The predicted molar refractivity (Wildman–Crippen MR) is 103 cm³/mol. The van der Waals surface area contributed by atoms with E-state index in [1.165, 1.54) is 16.0 Å². The summed E-state index contributed by atoms with van der Waals surface area (Å²) in [6.07, 6.45) is 2.87. The van der Waals surface area contributed by atoms with Gasteiger partial charge in [0.1, 0.15) is 16.5 Å². The van der Waals surface area contributed by atoms with Crippen LogP contribution in [0.15, 0.2) is 54.7 Å². The number of nitrogens with one attached hydrogen (secondary N) is 1. The molecule has 4 nitrogen and oxygen atoms in total. The van der Waals surface area contributed by atoms with E-state index in [0.717, 1.165) is 36.0 Å². The molecule has 0 aliphatic carbocycles. The smallest absolute Gasteiger partial charge is 0.122 e. The minimum atomic E-state index is 0.774. The van der Waals surface area contributed by atoms with Gasteiger partial charge in [0.25, 0.3) is 0 Å². The molecular formula is C20H22N2O2S. The van der Waals surface area contributed by atoms with Crippen LogP contribution < -0.4 is 14.8 Å². The van der Waals surface area contributed by atoms with Crippen molar-refractivity contribution in [3.05, 3.63) is 65.3 Å². The number of thiazole rings is 1. The standard InChI is InChI=1S/C20H22N2O2S/c1-23-17-9-7-16(8-10-17)19-13-22-20(25-19)14-21-12-11-15-5-3-4-6-18(15)24-2/h3-10,13,21H,11-12,14H2,1-2H3. The highest BCUT2D eigenvalue weighted by atomic mass is 32.1. The maximum atomic E-state index is 5.38. The van der Waals surface area contributed by atoms with E-state index in [0.29, 0.717) is 0 Å². The van der Waals surface area contributed by atoms with E-state index in [9.17, 15) is 0 Å². The lowest BCUT2D eigenvalue weighted by Crippen LogP contribution is -2.16. The summed E-state index contributed by atoms with van der Waals surface area (Å²) in [6, 6.07) is 16.2. The van der Waals surface area contributed by atoms with E-state index in [2.05, 4.69) is 28.5 Å². The quantitative estimate of drug-likeness (QED) is 0.617. The zero-order chi connectivity index (χ0) is 17.5. The first kappa shape index (κ1) is 17.5. The van der Waals surface area contributed by atoms with E-state index in [-0.39, 0.29) is 0 Å². The lowest BCUT2D eigenvalue weighted by molar-refractivity contribution is 0.409. The van der Waals surface area contributed by atoms with Crippen molar-refractivity contribution in [1.29, 1.82) is 0 Å². The Morgan fingerprint density at radius 3 is 2.56 bits per heavy atom. The van der Waals surface area contributed by atoms with E-state index < -0.39 is 0 Å². The summed E-state index contributed by atoms with van der Waals surface area (Å²) in [5.41, 5.74) is 2.38. The van der Waals surface area contributed by atoms with Gasteiger partial charge in [-0.3, -0.25) is 0 Å². The van der Waals surface area contributed by atoms with E-state index >= 15 is 0 Å². The summed E-state index contributed by atoms with van der Waals surface area (Å²) in [5, 5.41) is 4.55. The van der Waals surface area contributed by atoms with Crippen LogP contribution in [-0.2, 0) is 13.0 Å². The molecule has 0 aliphatic rings. The number of rotatable bonds is 8. The number of para-hydroxylation sites is 1. The molecule has 2 aromatic carbocycles. The van der Waals surface area contributed by atoms with Gasteiger partial charge < -0.3 is 14.8 Å². The minimum Gasteiger partial charge on any atom is -0.497 e. The van der Waals surface area contributed by atoms with E-state index in [4.69, 9.17) is 9.47 Å². The predicted octanol–water partition coefficient (Wildman–Crippen LogP) is 4.16. The highest BCUT2D eigenvalue weighted by Gasteiger charge is 2.05. The number of hydrogen-bond acceptors (Lipinski definition) is 5. The molecule has 1 aromatic heterocycles. The lowest BCUT2D eigenvalue weighted by Gasteiger charge is -2.08. The van der Waals surface area contributed by atoms with Crippen molar-refractivity contribution >= 4 is 11.3 Å². The topological polar surface area (TPSA) is 43.4 Å². The first-order chi connectivity index (χ1) is 12.3. The fourth-order valence-corrected chi connectivity index (χ4v) is 3.50. The lowest BCUT2D eigenvalue weighted by atomic mass is 10.1. The Bertz CT molecular complexity index is 799. The van der Waals surface area contributed by atoms with Crippen molar-refractivity contribution in [2.24, 2.45) is 0 Å². The molecule has 25 heavy (non-hydrogen) atoms. The van der Waals surface area contributed by atoms with Crippen molar-refractivity contribution in [2.75, 3.05) is 20.8 Å². The summed E-state index contributed by atoms with van der Waals surface area (Å²) >= 11 is 1.71. The molecule has 0 atom stereocenters. The first-order valence-corrected chi connectivity index (χ1v) is 9.03. The average molecular weight is 354 g/mol. The van der Waals surface area contributed by atoms with Crippen LogP contribution in [0, 0.1) is 0 Å². The molecule has 0 radical (unpaired) electrons. The third-order valence-corrected chi connectivity index (χ3v) is 5.01. The third-order valence-electron chi connectivity index (χ3n) is 3.97. The van der Waals surface area contributed by atoms with Gasteiger partial charge >= 0.3 is 0 Å². The Morgan fingerprint density at radius 2 is 1.80 bits per heavy atom. The van der Waals surface area contributed by atoms with Crippen LogP contribution in [-0.4, -0.2) is 25.7 Å². The van der Waals surface area contributed by atoms with Crippen LogP contribution in [0.3, 0.4) is 0 Å². The van der Waals surface area contributed by atoms with Gasteiger partial charge in [0.05, 0.1) is 19.1 Å². The zero-order valence-corrected chi connectivity index (χ0v) is 15.3. The average Bonchev–Trinajstić information content (AvgIpc) is 3.14. The van der Waals surface area contributed by atoms with Crippen molar-refractivity contribution in [3.63, 3.8) is 0 Å². The van der Waals surface area contributed by atoms with Gasteiger partial charge in [0, 0.05) is 12.7 Å². The van der Waals surface area contributed by atoms with Gasteiger partial charge in [0.2, 0.25) is 0 Å². The van der Waals surface area contributed by atoms with Crippen molar-refractivity contribution < 1.29 is 9.47 Å². The summed E-state index contributed by atoms with van der Waals surface area (Å²) < 4.78 is 10.6. The Hall–Kier alpha value is -2.37. The molecule has 1 heterocycles. The summed E-state index contributed by atoms with van der Waals surface area (Å²) in [7, 11) is 3.39. The second-order valence-corrected chi connectivity index (χ2v) is 6.70. The molecule has 0 aliphatic heterocycles. The SMILES string of the molecule is COc1ccc(-c2cnc(CNCCc3ccccc3OC)s2)cc1. The number of nitrogens with zero attached hydrogens (tertiary/aromatic N) is 1. The molecular weight excluding hydrogens is 332 g/mol. The Labute approximate surface area is 152 Å². The molecule has 0 fully saturated rings. The fourth-order valence-electron chi connectivity index (χ4n) is 2.61. The third kappa shape index (κ3) is 4.59. The van der Waals surface area contributed by atoms with Gasteiger partial charge in [-0.1, -0.05) is 18.2 Å². The maximum absolute atomic E-state index is 5.38. The van der Waals surface area contributed by atoms with E-state index in [1.807, 2.05) is 36.5 Å². The maximum Gasteiger partial charge on any atom is 0.122 e. The Balaban J connectivity index is 1.51. The minimum absolute atomic E-state index is 0.774. The molecule has 130 valence electrons. The molecule has 3 aromatic rings. The van der Waals surface area contributed by atoms with E-state index in [1.54, 1.807) is 25.6 Å². The van der Waals surface area contributed by atoms with Crippen LogP contribution in [0.1, 0.15) is 10.6 Å². The molecule has 0 saturated carbocycles. The molecule has 5 heteroatoms. The zero-order valence-electron chi connectivity index (χ0n) is 14.5. The normalized spacial score (nSPS) is 10.6. The number of aromatic nitrogens is 1. The first-order valence-electron chi connectivity index (χ1n) is 8.22. The van der Waals surface area contributed by atoms with Crippen molar-refractivity contribution in [3.8, 4) is 21.9 Å². The Morgan fingerprint density at radius 1 is 1.00 bits per heavy atom. The summed E-state index contributed by atoms with van der Waals surface area (Å²) in [6.45, 7) is 1.66. The van der Waals surface area contributed by atoms with Crippen LogP contribution >= 0.6 is 11.3 Å². The van der Waals surface area contributed by atoms with Gasteiger partial charge in [-0.15, -0.1) is 11.3 Å². The van der Waals surface area contributed by atoms with Crippen LogP contribution in [0.2, 0.25) is 0 Å². The molecule has 0 bridgehead atoms. The van der Waals surface area contributed by atoms with Crippen LogP contribution in [0.4, 0.5) is 0 Å². The molecule has 0 unspecified atom stereocenters. The molecule has 0 spiro atoms. The van der Waals surface area contributed by atoms with Gasteiger partial charge in [-0.2, -0.15) is 0 Å². The van der Waals surface area contributed by atoms with Gasteiger partial charge in [-0.25, -0.2) is 4.98 Å². The van der Waals surface area contributed by atoms with Gasteiger partial charge in [-0.05, 0) is 54.4 Å². The number of hydrogen-bond donors (Lipinski definition) is 1. The number of benzene rings is 2. The Kier molecular flexibility index (Phi) is 6.04. The molecule has 3 rings (SSSR count). The highest BCUT2D eigenvalue weighted by molar-refractivity contribution is 7.15. The van der Waals surface area contributed by atoms with Crippen molar-refractivity contribution in [2.45, 2.75) is 13.0 Å². The van der Waals surface area contributed by atoms with Crippen LogP contribution in [0.5, 0.6) is 11.5 Å². The van der Waals surface area contributed by atoms with Crippen molar-refractivity contribution in [1.82, 2.24) is 10.3 Å². The fraction of sp³-hybridized carbons (Fsp3) is 0.250. The van der Waals surface area contributed by atoms with Crippen LogP contribution in [0.25, 0.3) is 10.4 Å². The number of methoxy groups -OCH3 is 2. The second kappa shape index (κ2) is 8.65. The highest BCUT2D eigenvalue weighted by Crippen LogP contribution is 2.27. The summed E-state index contributed by atoms with van der Waals surface area (Å²) in [5.74, 6) is 1.81. The van der Waals surface area contributed by atoms with Gasteiger partial charge in [0.15, 0.2) is 0 Å². The largest absolute Gasteiger partial charge is 0.497 e. The monoisotopic (exact) mass is 354 g/mol. The molecule has 0 amide bonds. The second-order valence-electron chi connectivity index (χ2n) is 5.59. The molecule has 0 saturated heterocycles. The molecule has 1 N–H and O–H groups in total.